The molecule has 0 amide bonds. The molecule has 0 aromatic rings. The Morgan fingerprint density at radius 2 is 1.40 bits per heavy atom. The highest BCUT2D eigenvalue weighted by molar-refractivity contribution is 4.92. The highest BCUT2D eigenvalue weighted by atomic mass is 13.9. The Hall–Kier alpha value is -0.520. The van der Waals surface area contributed by atoms with Crippen molar-refractivity contribution in [1.29, 1.82) is 0 Å². The molecule has 0 rings (SSSR count). The minimum absolute atomic E-state index is 1.07. The molecule has 0 heteroatoms. The molecule has 0 saturated carbocycles. The summed E-state index contributed by atoms with van der Waals surface area (Å²) in [5.41, 5.74) is 0. The van der Waals surface area contributed by atoms with Crippen molar-refractivity contribution in [1.82, 2.24) is 0 Å². The fourth-order valence-corrected chi connectivity index (χ4v) is 1.46. The number of allylic oxidation sites excluding steroid dienone is 4. The number of hydrogen-bond donors (Lipinski definition) is 0. The Labute approximate surface area is 96.5 Å². The fourth-order valence-electron chi connectivity index (χ4n) is 1.46. The molecular weight excluding hydrogens is 180 g/mol. The standard InChI is InChI=1S/C15H27/c1-3-5-7-9-11-13-15-14-12-10-8-6-4-2/h11-14H,1,3-10,15H2,2H3. The number of unbranched alkanes of at least 4 members (excludes halogenated alkanes) is 6. The molecule has 0 heterocycles. The van der Waals surface area contributed by atoms with E-state index in [1.165, 1.54) is 44.9 Å². The number of hydrogen-bond acceptors (Lipinski definition) is 0. The predicted octanol–water partition coefficient (Wildman–Crippen LogP) is 5.46. The van der Waals surface area contributed by atoms with E-state index < -0.39 is 0 Å². The van der Waals surface area contributed by atoms with Crippen molar-refractivity contribution in [2.75, 3.05) is 0 Å². The maximum absolute atomic E-state index is 3.83. The summed E-state index contributed by atoms with van der Waals surface area (Å²) in [4.78, 5) is 0. The third kappa shape index (κ3) is 13.5. The molecular formula is C15H27. The Bertz CT molecular complexity index is 135. The second-order valence-electron chi connectivity index (χ2n) is 4.02. The fraction of sp³-hybridized carbons (Fsp3) is 0.667. The van der Waals surface area contributed by atoms with Gasteiger partial charge in [0.2, 0.25) is 0 Å². The molecule has 1 radical (unpaired) electrons. The normalized spacial score (nSPS) is 11.9. The monoisotopic (exact) mass is 207 g/mol. The van der Waals surface area contributed by atoms with Gasteiger partial charge in [-0.15, -0.1) is 0 Å². The van der Waals surface area contributed by atoms with Gasteiger partial charge in [-0.2, -0.15) is 0 Å². The lowest BCUT2D eigenvalue weighted by Gasteiger charge is -1.92. The molecule has 0 N–H and O–H groups in total. The van der Waals surface area contributed by atoms with E-state index in [4.69, 9.17) is 0 Å². The van der Waals surface area contributed by atoms with Crippen LogP contribution < -0.4 is 0 Å². The van der Waals surface area contributed by atoms with Gasteiger partial charge in [0.15, 0.2) is 0 Å². The molecule has 0 unspecified atom stereocenters. The number of rotatable bonds is 10. The van der Waals surface area contributed by atoms with Gasteiger partial charge in [-0.25, -0.2) is 0 Å². The molecule has 0 saturated heterocycles. The Kier molecular flexibility index (Phi) is 13.0. The minimum atomic E-state index is 1.07. The molecule has 0 nitrogen and oxygen atoms in total. The Morgan fingerprint density at radius 3 is 1.93 bits per heavy atom. The molecule has 87 valence electrons. The summed E-state index contributed by atoms with van der Waals surface area (Å²) in [7, 11) is 0. The molecule has 0 spiro atoms. The zero-order valence-electron chi connectivity index (χ0n) is 10.4. The third-order valence-electron chi connectivity index (χ3n) is 2.45. The van der Waals surface area contributed by atoms with Crippen molar-refractivity contribution in [2.24, 2.45) is 0 Å². The van der Waals surface area contributed by atoms with Crippen molar-refractivity contribution in [3.05, 3.63) is 31.2 Å². The maximum Gasteiger partial charge on any atom is -0.0169 e. The molecule has 15 heavy (non-hydrogen) atoms. The molecule has 0 aromatic carbocycles. The molecule has 0 atom stereocenters. The van der Waals surface area contributed by atoms with E-state index in [9.17, 15) is 0 Å². The van der Waals surface area contributed by atoms with Crippen LogP contribution in [0.15, 0.2) is 24.3 Å². The smallest absolute Gasteiger partial charge is 0.0169 e. The van der Waals surface area contributed by atoms with E-state index >= 15 is 0 Å². The highest BCUT2D eigenvalue weighted by Crippen LogP contribution is 2.02. The van der Waals surface area contributed by atoms with Crippen LogP contribution >= 0.6 is 0 Å². The summed E-state index contributed by atoms with van der Waals surface area (Å²) in [5.74, 6) is 0. The van der Waals surface area contributed by atoms with Crippen LogP contribution in [0.25, 0.3) is 0 Å². The van der Waals surface area contributed by atoms with Crippen molar-refractivity contribution < 1.29 is 0 Å². The van der Waals surface area contributed by atoms with Crippen LogP contribution in [-0.4, -0.2) is 0 Å². The molecule has 0 aliphatic heterocycles. The summed E-state index contributed by atoms with van der Waals surface area (Å²) in [6, 6.07) is 0. The largest absolute Gasteiger partial charge is 0.0882 e. The zero-order valence-corrected chi connectivity index (χ0v) is 10.4. The summed E-state index contributed by atoms with van der Waals surface area (Å²) < 4.78 is 0. The second-order valence-corrected chi connectivity index (χ2v) is 4.02. The quantitative estimate of drug-likeness (QED) is 0.329. The minimum Gasteiger partial charge on any atom is -0.0882 e. The van der Waals surface area contributed by atoms with E-state index in [2.05, 4.69) is 38.2 Å². The van der Waals surface area contributed by atoms with Crippen molar-refractivity contribution in [3.63, 3.8) is 0 Å². The first kappa shape index (κ1) is 14.5. The van der Waals surface area contributed by atoms with Gasteiger partial charge in [-0.05, 0) is 32.1 Å². The van der Waals surface area contributed by atoms with Gasteiger partial charge in [-0.3, -0.25) is 0 Å². The molecule has 0 bridgehead atoms. The lowest BCUT2D eigenvalue weighted by Crippen LogP contribution is -1.71. The van der Waals surface area contributed by atoms with Gasteiger partial charge in [0, 0.05) is 0 Å². The second kappa shape index (κ2) is 13.5. The van der Waals surface area contributed by atoms with E-state index in [0.29, 0.717) is 0 Å². The van der Waals surface area contributed by atoms with Gasteiger partial charge in [-0.1, -0.05) is 63.8 Å². The van der Waals surface area contributed by atoms with Crippen LogP contribution in [-0.2, 0) is 0 Å². The maximum atomic E-state index is 3.83. The molecule has 0 aromatic heterocycles. The van der Waals surface area contributed by atoms with E-state index in [1.807, 2.05) is 0 Å². The topological polar surface area (TPSA) is 0 Å². The van der Waals surface area contributed by atoms with E-state index in [0.717, 1.165) is 12.8 Å². The van der Waals surface area contributed by atoms with Crippen LogP contribution in [0, 0.1) is 6.92 Å². The van der Waals surface area contributed by atoms with Crippen LogP contribution in [0.2, 0.25) is 0 Å². The van der Waals surface area contributed by atoms with Gasteiger partial charge >= 0.3 is 0 Å². The Balaban J connectivity index is 3.14. The lowest BCUT2D eigenvalue weighted by molar-refractivity contribution is 0.728. The van der Waals surface area contributed by atoms with E-state index in [1.54, 1.807) is 0 Å². The Morgan fingerprint density at radius 1 is 0.800 bits per heavy atom. The van der Waals surface area contributed by atoms with Gasteiger partial charge in [0.1, 0.15) is 0 Å². The summed E-state index contributed by atoms with van der Waals surface area (Å²) in [6.07, 6.45) is 20.4. The van der Waals surface area contributed by atoms with E-state index in [-0.39, 0.29) is 0 Å². The molecule has 0 aliphatic rings. The van der Waals surface area contributed by atoms with Crippen LogP contribution in [0.5, 0.6) is 0 Å². The average Bonchev–Trinajstić information content (AvgIpc) is 2.26. The lowest BCUT2D eigenvalue weighted by atomic mass is 10.2. The summed E-state index contributed by atoms with van der Waals surface area (Å²) >= 11 is 0. The van der Waals surface area contributed by atoms with Gasteiger partial charge < -0.3 is 0 Å². The molecule has 0 fully saturated rings. The van der Waals surface area contributed by atoms with Crippen molar-refractivity contribution >= 4 is 0 Å². The summed E-state index contributed by atoms with van der Waals surface area (Å²) in [5, 5.41) is 0. The average molecular weight is 207 g/mol. The van der Waals surface area contributed by atoms with Crippen molar-refractivity contribution in [3.8, 4) is 0 Å². The van der Waals surface area contributed by atoms with Gasteiger partial charge in [0.05, 0.1) is 0 Å². The first-order valence-electron chi connectivity index (χ1n) is 6.51. The SMILES string of the molecule is [CH2]CCCCC=CCC=CCCCCC. The van der Waals surface area contributed by atoms with Crippen molar-refractivity contribution in [2.45, 2.75) is 64.7 Å². The van der Waals surface area contributed by atoms with Crippen LogP contribution in [0.4, 0.5) is 0 Å². The zero-order chi connectivity index (χ0) is 11.2. The first-order valence-corrected chi connectivity index (χ1v) is 6.51. The first-order chi connectivity index (χ1) is 7.41. The molecule has 0 aliphatic carbocycles. The highest BCUT2D eigenvalue weighted by Gasteiger charge is 1.82. The third-order valence-corrected chi connectivity index (χ3v) is 2.45. The van der Waals surface area contributed by atoms with Crippen LogP contribution in [0.3, 0.4) is 0 Å². The summed E-state index contributed by atoms with van der Waals surface area (Å²) in [6.45, 7) is 6.08. The predicted molar refractivity (Wildman–Crippen MR) is 70.9 cm³/mol. The van der Waals surface area contributed by atoms with Gasteiger partial charge in [0.25, 0.3) is 0 Å². The van der Waals surface area contributed by atoms with Crippen LogP contribution in [0.1, 0.15) is 64.7 Å².